The summed E-state index contributed by atoms with van der Waals surface area (Å²) < 4.78 is 5.42. The Morgan fingerprint density at radius 2 is 2.04 bits per heavy atom. The fourth-order valence-corrected chi connectivity index (χ4v) is 3.93. The minimum absolute atomic E-state index is 0.0302. The van der Waals surface area contributed by atoms with Gasteiger partial charge in [-0.05, 0) is 37.6 Å². The van der Waals surface area contributed by atoms with Crippen LogP contribution >= 0.6 is 0 Å². The lowest BCUT2D eigenvalue weighted by atomic mass is 9.86. The maximum absolute atomic E-state index is 11.7. The van der Waals surface area contributed by atoms with Crippen LogP contribution < -0.4 is 10.1 Å². The predicted octanol–water partition coefficient (Wildman–Crippen LogP) is 0.844. The van der Waals surface area contributed by atoms with Gasteiger partial charge in [-0.2, -0.15) is 0 Å². The summed E-state index contributed by atoms with van der Waals surface area (Å²) in [5.41, 5.74) is 1.36. The Bertz CT molecular complexity index is 578. The molecular formula is C19H29N3O3. The fourth-order valence-electron chi connectivity index (χ4n) is 3.93. The van der Waals surface area contributed by atoms with Gasteiger partial charge in [-0.1, -0.05) is 12.1 Å². The van der Waals surface area contributed by atoms with Crippen molar-refractivity contribution in [3.8, 4) is 5.75 Å². The van der Waals surface area contributed by atoms with Crippen LogP contribution in [0.5, 0.6) is 5.75 Å². The maximum Gasteiger partial charge on any atom is 0.220 e. The number of rotatable bonds is 5. The first-order valence-electron chi connectivity index (χ1n) is 9.14. The van der Waals surface area contributed by atoms with Crippen LogP contribution in [0.2, 0.25) is 0 Å². The first-order valence-corrected chi connectivity index (χ1v) is 9.14. The Labute approximate surface area is 149 Å². The van der Waals surface area contributed by atoms with Crippen LogP contribution in [0.25, 0.3) is 0 Å². The number of hydrogen-bond donors (Lipinski definition) is 2. The second kappa shape index (κ2) is 8.17. The van der Waals surface area contributed by atoms with E-state index in [0.29, 0.717) is 13.0 Å². The quantitative estimate of drug-likeness (QED) is 0.827. The van der Waals surface area contributed by atoms with Crippen molar-refractivity contribution in [3.63, 3.8) is 0 Å². The summed E-state index contributed by atoms with van der Waals surface area (Å²) in [6, 6.07) is 8.11. The van der Waals surface area contributed by atoms with Crippen LogP contribution in [-0.2, 0) is 11.3 Å². The van der Waals surface area contributed by atoms with Gasteiger partial charge >= 0.3 is 0 Å². The van der Waals surface area contributed by atoms with Crippen LogP contribution in [0.3, 0.4) is 0 Å². The highest BCUT2D eigenvalue weighted by Crippen LogP contribution is 2.31. The molecule has 6 nitrogen and oxygen atoms in total. The van der Waals surface area contributed by atoms with E-state index >= 15 is 0 Å². The van der Waals surface area contributed by atoms with Gasteiger partial charge in [0.05, 0.1) is 6.61 Å². The summed E-state index contributed by atoms with van der Waals surface area (Å²) in [6.45, 7) is 5.12. The number of carbonyl (C=O) groups excluding carboxylic acids is 1. The number of aliphatic hydroxyl groups excluding tert-OH is 1. The van der Waals surface area contributed by atoms with Gasteiger partial charge in [0, 0.05) is 44.7 Å². The second-order valence-corrected chi connectivity index (χ2v) is 7.17. The zero-order valence-electron chi connectivity index (χ0n) is 15.0. The maximum atomic E-state index is 11.7. The Morgan fingerprint density at radius 1 is 1.24 bits per heavy atom. The van der Waals surface area contributed by atoms with Crippen molar-refractivity contribution in [2.75, 3.05) is 46.4 Å². The molecule has 2 N–H and O–H groups in total. The average molecular weight is 347 g/mol. The highest BCUT2D eigenvalue weighted by atomic mass is 16.5. The number of piperazine rings is 1. The molecule has 3 rings (SSSR count). The monoisotopic (exact) mass is 347 g/mol. The van der Waals surface area contributed by atoms with E-state index in [1.807, 2.05) is 12.1 Å². The number of aliphatic hydroxyl groups is 1. The Hall–Kier alpha value is -1.63. The lowest BCUT2D eigenvalue weighted by Gasteiger charge is -2.49. The normalized spacial score (nSPS) is 25.6. The molecule has 1 aromatic carbocycles. The number of amides is 1. The van der Waals surface area contributed by atoms with E-state index in [1.54, 1.807) is 0 Å². The number of benzene rings is 1. The van der Waals surface area contributed by atoms with E-state index in [9.17, 15) is 4.79 Å². The van der Waals surface area contributed by atoms with Crippen molar-refractivity contribution in [2.24, 2.45) is 0 Å². The molecule has 138 valence electrons. The van der Waals surface area contributed by atoms with Crippen molar-refractivity contribution < 1.29 is 14.6 Å². The SMILES string of the molecule is CN1CCN(Cc2ccc(OCCO)cc2)CC12CCNC(=O)CC2. The molecule has 0 saturated carbocycles. The van der Waals surface area contributed by atoms with E-state index in [1.165, 1.54) is 5.56 Å². The molecule has 0 bridgehead atoms. The van der Waals surface area contributed by atoms with Gasteiger partial charge in [0.25, 0.3) is 0 Å². The minimum atomic E-state index is 0.0302. The molecule has 1 unspecified atom stereocenters. The number of hydrogen-bond acceptors (Lipinski definition) is 5. The summed E-state index contributed by atoms with van der Waals surface area (Å²) >= 11 is 0. The molecule has 1 amide bonds. The number of ether oxygens (including phenoxy) is 1. The summed E-state index contributed by atoms with van der Waals surface area (Å²) in [7, 11) is 2.19. The van der Waals surface area contributed by atoms with Gasteiger partial charge < -0.3 is 15.2 Å². The summed E-state index contributed by atoms with van der Waals surface area (Å²) in [5.74, 6) is 0.974. The molecule has 0 radical (unpaired) electrons. The summed E-state index contributed by atoms with van der Waals surface area (Å²) in [6.07, 6.45) is 2.56. The standard InChI is InChI=1S/C19H29N3O3/c1-21-10-11-22(15-19(21)7-6-18(24)20-9-8-19)14-16-2-4-17(5-3-16)25-13-12-23/h2-5,23H,6-15H2,1H3,(H,20,24). The molecule has 2 saturated heterocycles. The van der Waals surface area contributed by atoms with Crippen molar-refractivity contribution in [3.05, 3.63) is 29.8 Å². The topological polar surface area (TPSA) is 65.0 Å². The Kier molecular flexibility index (Phi) is 5.93. The molecule has 6 heteroatoms. The van der Waals surface area contributed by atoms with Crippen LogP contribution in [0.1, 0.15) is 24.8 Å². The van der Waals surface area contributed by atoms with Crippen molar-refractivity contribution in [2.45, 2.75) is 31.3 Å². The number of nitrogens with one attached hydrogen (secondary N) is 1. The van der Waals surface area contributed by atoms with Crippen LogP contribution in [0.15, 0.2) is 24.3 Å². The third kappa shape index (κ3) is 4.51. The molecule has 1 spiro atoms. The van der Waals surface area contributed by atoms with E-state index in [0.717, 1.165) is 51.3 Å². The number of nitrogens with zero attached hydrogens (tertiary/aromatic N) is 2. The molecule has 2 heterocycles. The van der Waals surface area contributed by atoms with Gasteiger partial charge in [-0.25, -0.2) is 0 Å². The van der Waals surface area contributed by atoms with Crippen LogP contribution in [0.4, 0.5) is 0 Å². The van der Waals surface area contributed by atoms with Crippen molar-refractivity contribution >= 4 is 5.91 Å². The van der Waals surface area contributed by atoms with Gasteiger partial charge in [-0.3, -0.25) is 14.6 Å². The zero-order valence-corrected chi connectivity index (χ0v) is 15.0. The molecule has 1 atom stereocenters. The molecule has 2 fully saturated rings. The van der Waals surface area contributed by atoms with E-state index < -0.39 is 0 Å². The molecular weight excluding hydrogens is 318 g/mol. The summed E-state index contributed by atoms with van der Waals surface area (Å²) in [4.78, 5) is 16.7. The van der Waals surface area contributed by atoms with Gasteiger partial charge in [0.15, 0.2) is 0 Å². The molecule has 25 heavy (non-hydrogen) atoms. The Morgan fingerprint density at radius 3 is 2.80 bits per heavy atom. The van der Waals surface area contributed by atoms with E-state index in [-0.39, 0.29) is 18.1 Å². The van der Waals surface area contributed by atoms with Crippen LogP contribution in [-0.4, -0.2) is 72.8 Å². The lowest BCUT2D eigenvalue weighted by Crippen LogP contribution is -2.60. The van der Waals surface area contributed by atoms with Crippen LogP contribution in [0, 0.1) is 0 Å². The average Bonchev–Trinajstić information content (AvgIpc) is 2.80. The van der Waals surface area contributed by atoms with E-state index in [2.05, 4.69) is 34.3 Å². The minimum Gasteiger partial charge on any atom is -0.491 e. The summed E-state index contributed by atoms with van der Waals surface area (Å²) in [5, 5.41) is 11.8. The molecule has 0 aliphatic carbocycles. The Balaban J connectivity index is 1.62. The first kappa shape index (κ1) is 18.2. The highest BCUT2D eigenvalue weighted by molar-refractivity contribution is 5.76. The smallest absolute Gasteiger partial charge is 0.220 e. The molecule has 2 aliphatic rings. The number of carbonyl (C=O) groups is 1. The second-order valence-electron chi connectivity index (χ2n) is 7.17. The van der Waals surface area contributed by atoms with Crippen molar-refractivity contribution in [1.82, 2.24) is 15.1 Å². The zero-order chi connectivity index (χ0) is 17.7. The fraction of sp³-hybridized carbons (Fsp3) is 0.632. The van der Waals surface area contributed by atoms with Gasteiger partial charge in [0.2, 0.25) is 5.91 Å². The molecule has 0 aromatic heterocycles. The predicted molar refractivity (Wildman–Crippen MR) is 96.5 cm³/mol. The highest BCUT2D eigenvalue weighted by Gasteiger charge is 2.40. The molecule has 2 aliphatic heterocycles. The van der Waals surface area contributed by atoms with E-state index in [4.69, 9.17) is 9.84 Å². The molecule has 1 aromatic rings. The van der Waals surface area contributed by atoms with Gasteiger partial charge in [-0.15, -0.1) is 0 Å². The van der Waals surface area contributed by atoms with Gasteiger partial charge in [0.1, 0.15) is 12.4 Å². The van der Waals surface area contributed by atoms with Crippen molar-refractivity contribution in [1.29, 1.82) is 0 Å². The first-order chi connectivity index (χ1) is 12.1. The third-order valence-corrected chi connectivity index (χ3v) is 5.50. The lowest BCUT2D eigenvalue weighted by molar-refractivity contribution is -0.121. The third-order valence-electron chi connectivity index (χ3n) is 5.50. The number of likely N-dealkylation sites (N-methyl/N-ethyl adjacent to an activating group) is 1. The largest absolute Gasteiger partial charge is 0.491 e.